The van der Waals surface area contributed by atoms with Gasteiger partial charge in [0.2, 0.25) is 0 Å². The molecule has 1 amide bonds. The molecule has 0 heterocycles. The number of benzene rings is 2. The van der Waals surface area contributed by atoms with Gasteiger partial charge in [-0.15, -0.1) is 0 Å². The predicted molar refractivity (Wildman–Crippen MR) is 105 cm³/mol. The Balaban J connectivity index is 1.82. The molecule has 0 aromatic heterocycles. The van der Waals surface area contributed by atoms with E-state index in [1.807, 2.05) is 19.1 Å². The predicted octanol–water partition coefficient (Wildman–Crippen LogP) is 3.85. The van der Waals surface area contributed by atoms with E-state index in [1.165, 1.54) is 6.92 Å². The van der Waals surface area contributed by atoms with Crippen LogP contribution in [0.25, 0.3) is 0 Å². The third-order valence-corrected chi connectivity index (χ3v) is 4.40. The number of anilines is 1. The molecule has 2 rings (SSSR count). The molecule has 0 aliphatic carbocycles. The molecule has 0 aliphatic rings. The van der Waals surface area contributed by atoms with Crippen molar-refractivity contribution in [1.29, 1.82) is 0 Å². The van der Waals surface area contributed by atoms with Crippen LogP contribution in [0.4, 0.5) is 5.69 Å². The molecule has 0 fully saturated rings. The number of carbonyl (C=O) groups is 2. The summed E-state index contributed by atoms with van der Waals surface area (Å²) in [5, 5.41) is 5.59. The van der Waals surface area contributed by atoms with Gasteiger partial charge >= 0.3 is 0 Å². The van der Waals surface area contributed by atoms with E-state index in [9.17, 15) is 9.59 Å². The summed E-state index contributed by atoms with van der Waals surface area (Å²) < 4.78 is 6.42. The second-order valence-electron chi connectivity index (χ2n) is 5.34. The van der Waals surface area contributed by atoms with Crippen molar-refractivity contribution in [3.05, 3.63) is 58.1 Å². The van der Waals surface area contributed by atoms with Crippen LogP contribution in [-0.4, -0.2) is 23.4 Å². The summed E-state index contributed by atoms with van der Waals surface area (Å²) in [7, 11) is 0. The van der Waals surface area contributed by atoms with Crippen molar-refractivity contribution in [2.24, 2.45) is 0 Å². The lowest BCUT2D eigenvalue weighted by molar-refractivity contribution is -0.121. The molecule has 0 radical (unpaired) electrons. The molecule has 0 saturated heterocycles. The Labute approximate surface area is 159 Å². The van der Waals surface area contributed by atoms with Gasteiger partial charge in [0.15, 0.2) is 17.5 Å². The van der Waals surface area contributed by atoms with E-state index in [-0.39, 0.29) is 23.4 Å². The van der Waals surface area contributed by atoms with Crippen molar-refractivity contribution in [2.75, 3.05) is 11.9 Å². The van der Waals surface area contributed by atoms with E-state index >= 15 is 0 Å². The highest BCUT2D eigenvalue weighted by atomic mass is 79.9. The average Bonchev–Trinajstić information content (AvgIpc) is 2.56. The Bertz CT molecular complexity index is 806. The molecule has 25 heavy (non-hydrogen) atoms. The SMILES string of the molecule is CC(=O)c1ccc(NC(=S)NC(=O)COc2ccc(Br)c(C)c2)cc1. The van der Waals surface area contributed by atoms with Gasteiger partial charge in [-0.3, -0.25) is 14.9 Å². The van der Waals surface area contributed by atoms with Crippen LogP contribution in [0, 0.1) is 6.92 Å². The van der Waals surface area contributed by atoms with E-state index in [0.717, 1.165) is 10.0 Å². The highest BCUT2D eigenvalue weighted by molar-refractivity contribution is 9.10. The third kappa shape index (κ3) is 5.95. The van der Waals surface area contributed by atoms with E-state index in [1.54, 1.807) is 30.3 Å². The molecular formula is C18H17BrN2O3S. The minimum Gasteiger partial charge on any atom is -0.484 e. The van der Waals surface area contributed by atoms with E-state index < -0.39 is 0 Å². The largest absolute Gasteiger partial charge is 0.484 e. The van der Waals surface area contributed by atoms with E-state index in [0.29, 0.717) is 17.0 Å². The fourth-order valence-electron chi connectivity index (χ4n) is 1.97. The molecule has 0 unspecified atom stereocenters. The quantitative estimate of drug-likeness (QED) is 0.567. The molecule has 2 N–H and O–H groups in total. The van der Waals surface area contributed by atoms with Crippen molar-refractivity contribution in [1.82, 2.24) is 5.32 Å². The van der Waals surface area contributed by atoms with Crippen LogP contribution >= 0.6 is 28.1 Å². The van der Waals surface area contributed by atoms with Crippen LogP contribution in [-0.2, 0) is 4.79 Å². The fraction of sp³-hybridized carbons (Fsp3) is 0.167. The Morgan fingerprint density at radius 2 is 1.84 bits per heavy atom. The number of amides is 1. The summed E-state index contributed by atoms with van der Waals surface area (Å²) in [4.78, 5) is 23.1. The molecule has 5 nitrogen and oxygen atoms in total. The molecule has 0 saturated carbocycles. The number of Topliss-reactive ketones (excluding diaryl/α,β-unsaturated/α-hetero) is 1. The van der Waals surface area contributed by atoms with E-state index in [2.05, 4.69) is 26.6 Å². The van der Waals surface area contributed by atoms with Crippen molar-refractivity contribution in [3.63, 3.8) is 0 Å². The molecule has 0 atom stereocenters. The number of carbonyl (C=O) groups excluding carboxylic acids is 2. The standard InChI is InChI=1S/C18H17BrN2O3S/c1-11-9-15(7-8-16(11)19)24-10-17(23)21-18(25)20-14-5-3-13(4-6-14)12(2)22/h3-9H,10H2,1-2H3,(H2,20,21,23,25). The van der Waals surface area contributed by atoms with Gasteiger partial charge in [0.05, 0.1) is 0 Å². The summed E-state index contributed by atoms with van der Waals surface area (Å²) in [5.74, 6) is 0.232. The summed E-state index contributed by atoms with van der Waals surface area (Å²) in [5.41, 5.74) is 2.31. The first kappa shape index (κ1) is 19.1. The first-order chi connectivity index (χ1) is 11.8. The molecular weight excluding hydrogens is 404 g/mol. The first-order valence-corrected chi connectivity index (χ1v) is 8.66. The van der Waals surface area contributed by atoms with Crippen molar-refractivity contribution in [3.8, 4) is 5.75 Å². The number of halogens is 1. The zero-order valence-corrected chi connectivity index (χ0v) is 16.2. The second-order valence-corrected chi connectivity index (χ2v) is 6.60. The van der Waals surface area contributed by atoms with Crippen molar-refractivity contribution < 1.29 is 14.3 Å². The van der Waals surface area contributed by atoms with Gasteiger partial charge in [0.1, 0.15) is 5.75 Å². The van der Waals surface area contributed by atoms with Gasteiger partial charge in [-0.05, 0) is 74.1 Å². The Hall–Kier alpha value is -2.25. The normalized spacial score (nSPS) is 10.0. The molecule has 0 spiro atoms. The zero-order valence-electron chi connectivity index (χ0n) is 13.8. The number of ether oxygens (including phenoxy) is 1. The highest BCUT2D eigenvalue weighted by Crippen LogP contribution is 2.21. The van der Waals surface area contributed by atoms with Gasteiger partial charge in [-0.2, -0.15) is 0 Å². The summed E-state index contributed by atoms with van der Waals surface area (Å²) >= 11 is 8.50. The maximum Gasteiger partial charge on any atom is 0.264 e. The van der Waals surface area contributed by atoms with E-state index in [4.69, 9.17) is 17.0 Å². The van der Waals surface area contributed by atoms with Crippen LogP contribution in [0.15, 0.2) is 46.9 Å². The molecule has 0 aliphatic heterocycles. The minimum atomic E-state index is -0.363. The number of hydrogen-bond donors (Lipinski definition) is 2. The highest BCUT2D eigenvalue weighted by Gasteiger charge is 2.07. The Morgan fingerprint density at radius 1 is 1.16 bits per heavy atom. The number of ketones is 1. The molecule has 2 aromatic carbocycles. The third-order valence-electron chi connectivity index (χ3n) is 3.30. The van der Waals surface area contributed by atoms with Gasteiger partial charge in [-0.25, -0.2) is 0 Å². The molecule has 130 valence electrons. The maximum atomic E-state index is 11.9. The lowest BCUT2D eigenvalue weighted by atomic mass is 10.1. The van der Waals surface area contributed by atoms with Crippen molar-refractivity contribution in [2.45, 2.75) is 13.8 Å². The molecule has 2 aromatic rings. The number of rotatable bonds is 5. The number of nitrogens with one attached hydrogen (secondary N) is 2. The van der Waals surface area contributed by atoms with Gasteiger partial charge in [0.25, 0.3) is 5.91 Å². The van der Waals surface area contributed by atoms with Gasteiger partial charge in [-0.1, -0.05) is 15.9 Å². The van der Waals surface area contributed by atoms with Crippen LogP contribution in [0.3, 0.4) is 0 Å². The van der Waals surface area contributed by atoms with Gasteiger partial charge < -0.3 is 10.1 Å². The number of hydrogen-bond acceptors (Lipinski definition) is 4. The zero-order chi connectivity index (χ0) is 18.4. The maximum absolute atomic E-state index is 11.9. The van der Waals surface area contributed by atoms with Crippen LogP contribution < -0.4 is 15.4 Å². The average molecular weight is 421 g/mol. The fourth-order valence-corrected chi connectivity index (χ4v) is 2.45. The Morgan fingerprint density at radius 3 is 2.44 bits per heavy atom. The molecule has 0 bridgehead atoms. The molecule has 7 heteroatoms. The van der Waals surface area contributed by atoms with Crippen LogP contribution in [0.5, 0.6) is 5.75 Å². The number of thiocarbonyl (C=S) groups is 1. The van der Waals surface area contributed by atoms with Crippen LogP contribution in [0.2, 0.25) is 0 Å². The second kappa shape index (κ2) is 8.73. The first-order valence-electron chi connectivity index (χ1n) is 7.46. The number of aryl methyl sites for hydroxylation is 1. The lowest BCUT2D eigenvalue weighted by Gasteiger charge is -2.11. The smallest absolute Gasteiger partial charge is 0.264 e. The Kier molecular flexibility index (Phi) is 6.66. The lowest BCUT2D eigenvalue weighted by Crippen LogP contribution is -2.37. The minimum absolute atomic E-state index is 0.0113. The monoisotopic (exact) mass is 420 g/mol. The van der Waals surface area contributed by atoms with Crippen LogP contribution in [0.1, 0.15) is 22.8 Å². The topological polar surface area (TPSA) is 67.4 Å². The summed E-state index contributed by atoms with van der Waals surface area (Å²) in [6.45, 7) is 3.29. The van der Waals surface area contributed by atoms with Gasteiger partial charge in [0, 0.05) is 15.7 Å². The summed E-state index contributed by atoms with van der Waals surface area (Å²) in [6, 6.07) is 12.3. The van der Waals surface area contributed by atoms with Crippen molar-refractivity contribution >= 4 is 50.6 Å². The summed E-state index contributed by atoms with van der Waals surface area (Å²) in [6.07, 6.45) is 0.